The third-order valence-corrected chi connectivity index (χ3v) is 2.17. The van der Waals surface area contributed by atoms with Crippen molar-refractivity contribution in [1.82, 2.24) is 0 Å². The van der Waals surface area contributed by atoms with E-state index >= 15 is 0 Å². The molecular formula is C12H12ClF3O4. The molecule has 0 saturated heterocycles. The number of carbonyl (C=O) groups excluding carboxylic acids is 1. The largest absolute Gasteiger partial charge is 0.573 e. The summed E-state index contributed by atoms with van der Waals surface area (Å²) in [6.07, 6.45) is -4.82. The monoisotopic (exact) mass is 312 g/mol. The van der Waals surface area contributed by atoms with Crippen LogP contribution in [0, 0.1) is 0 Å². The standard InChI is InChI=1S/C12H12ClF3O4/c1-2-18-11(17)9-4-3-8(20-12(14,15)16)7-10(9)19-6-5-13/h3-4,7H,2,5-6H2,1H3. The first-order valence-electron chi connectivity index (χ1n) is 5.63. The summed E-state index contributed by atoms with van der Waals surface area (Å²) in [6.45, 7) is 1.77. The van der Waals surface area contributed by atoms with E-state index in [0.29, 0.717) is 0 Å². The number of carbonyl (C=O) groups is 1. The van der Waals surface area contributed by atoms with Gasteiger partial charge in [0, 0.05) is 6.07 Å². The molecule has 1 rings (SSSR count). The molecule has 0 aromatic heterocycles. The average molecular weight is 313 g/mol. The van der Waals surface area contributed by atoms with Crippen molar-refractivity contribution in [3.8, 4) is 11.5 Å². The molecule has 1 aromatic rings. The summed E-state index contributed by atoms with van der Waals surface area (Å²) in [6, 6.07) is 3.11. The number of hydrogen-bond donors (Lipinski definition) is 0. The Labute approximate surface area is 118 Å². The minimum atomic E-state index is -4.82. The highest BCUT2D eigenvalue weighted by Gasteiger charge is 2.31. The highest BCUT2D eigenvalue weighted by molar-refractivity contribution is 6.18. The van der Waals surface area contributed by atoms with Gasteiger partial charge in [0.2, 0.25) is 0 Å². The number of rotatable bonds is 6. The van der Waals surface area contributed by atoms with Gasteiger partial charge in [0.25, 0.3) is 0 Å². The van der Waals surface area contributed by atoms with E-state index in [2.05, 4.69) is 4.74 Å². The van der Waals surface area contributed by atoms with Crippen LogP contribution in [-0.2, 0) is 4.74 Å². The number of benzene rings is 1. The zero-order valence-corrected chi connectivity index (χ0v) is 11.3. The van der Waals surface area contributed by atoms with Gasteiger partial charge in [-0.25, -0.2) is 4.79 Å². The Hall–Kier alpha value is -1.63. The molecule has 0 atom stereocenters. The third-order valence-electron chi connectivity index (χ3n) is 2.02. The van der Waals surface area contributed by atoms with Crippen LogP contribution in [0.5, 0.6) is 11.5 Å². The molecule has 8 heteroatoms. The van der Waals surface area contributed by atoms with Gasteiger partial charge in [0.1, 0.15) is 23.7 Å². The molecule has 0 amide bonds. The minimum Gasteiger partial charge on any atom is -0.491 e. The van der Waals surface area contributed by atoms with Gasteiger partial charge < -0.3 is 14.2 Å². The summed E-state index contributed by atoms with van der Waals surface area (Å²) in [5.74, 6) is -1.15. The van der Waals surface area contributed by atoms with E-state index in [0.717, 1.165) is 18.2 Å². The molecule has 0 saturated carbocycles. The summed E-state index contributed by atoms with van der Waals surface area (Å²) in [4.78, 5) is 11.6. The average Bonchev–Trinajstić information content (AvgIpc) is 2.34. The van der Waals surface area contributed by atoms with Gasteiger partial charge >= 0.3 is 12.3 Å². The van der Waals surface area contributed by atoms with Crippen molar-refractivity contribution in [3.05, 3.63) is 23.8 Å². The van der Waals surface area contributed by atoms with E-state index in [1.165, 1.54) is 0 Å². The quantitative estimate of drug-likeness (QED) is 0.597. The van der Waals surface area contributed by atoms with Gasteiger partial charge in [-0.3, -0.25) is 0 Å². The first-order valence-corrected chi connectivity index (χ1v) is 6.16. The maximum Gasteiger partial charge on any atom is 0.573 e. The van der Waals surface area contributed by atoms with Gasteiger partial charge in [-0.15, -0.1) is 24.8 Å². The second-order valence-corrected chi connectivity index (χ2v) is 3.84. The highest BCUT2D eigenvalue weighted by atomic mass is 35.5. The Morgan fingerprint density at radius 3 is 2.60 bits per heavy atom. The van der Waals surface area contributed by atoms with Crippen LogP contribution in [0.1, 0.15) is 17.3 Å². The summed E-state index contributed by atoms with van der Waals surface area (Å²) in [5.41, 5.74) is 0.00601. The Morgan fingerprint density at radius 1 is 1.35 bits per heavy atom. The summed E-state index contributed by atoms with van der Waals surface area (Å²) < 4.78 is 50.0. The van der Waals surface area contributed by atoms with Crippen molar-refractivity contribution in [3.63, 3.8) is 0 Å². The Kier molecular flexibility index (Phi) is 5.94. The van der Waals surface area contributed by atoms with E-state index in [1.54, 1.807) is 6.92 Å². The normalized spacial score (nSPS) is 11.1. The zero-order valence-electron chi connectivity index (χ0n) is 10.5. The topological polar surface area (TPSA) is 44.8 Å². The smallest absolute Gasteiger partial charge is 0.491 e. The van der Waals surface area contributed by atoms with Crippen molar-refractivity contribution in [2.75, 3.05) is 19.1 Å². The fourth-order valence-corrected chi connectivity index (χ4v) is 1.42. The molecule has 112 valence electrons. The fraction of sp³-hybridized carbons (Fsp3) is 0.417. The first kappa shape index (κ1) is 16.4. The Bertz CT molecular complexity index is 463. The molecule has 0 heterocycles. The predicted molar refractivity (Wildman–Crippen MR) is 65.3 cm³/mol. The van der Waals surface area contributed by atoms with Gasteiger partial charge in [-0.1, -0.05) is 0 Å². The lowest BCUT2D eigenvalue weighted by Crippen LogP contribution is -2.17. The molecule has 0 N–H and O–H groups in total. The number of esters is 1. The number of ether oxygens (including phenoxy) is 3. The molecule has 4 nitrogen and oxygen atoms in total. The van der Waals surface area contributed by atoms with Crippen LogP contribution in [0.15, 0.2) is 18.2 Å². The molecule has 0 radical (unpaired) electrons. The summed E-state index contributed by atoms with van der Waals surface area (Å²) in [7, 11) is 0. The van der Waals surface area contributed by atoms with E-state index in [1.807, 2.05) is 0 Å². The Morgan fingerprint density at radius 2 is 2.05 bits per heavy atom. The van der Waals surface area contributed by atoms with Crippen molar-refractivity contribution < 1.29 is 32.2 Å². The Balaban J connectivity index is 3.02. The lowest BCUT2D eigenvalue weighted by molar-refractivity contribution is -0.274. The van der Waals surface area contributed by atoms with E-state index in [9.17, 15) is 18.0 Å². The molecule has 0 bridgehead atoms. The van der Waals surface area contributed by atoms with Crippen molar-refractivity contribution in [2.45, 2.75) is 13.3 Å². The van der Waals surface area contributed by atoms with E-state index in [4.69, 9.17) is 21.1 Å². The molecule has 0 aliphatic rings. The number of hydrogen-bond acceptors (Lipinski definition) is 4. The van der Waals surface area contributed by atoms with Crippen molar-refractivity contribution >= 4 is 17.6 Å². The molecule has 20 heavy (non-hydrogen) atoms. The van der Waals surface area contributed by atoms with Crippen LogP contribution in [0.2, 0.25) is 0 Å². The van der Waals surface area contributed by atoms with Gasteiger partial charge in [0.05, 0.1) is 12.5 Å². The third kappa shape index (κ3) is 5.16. The summed E-state index contributed by atoms with van der Waals surface area (Å²) in [5, 5.41) is 0. The van der Waals surface area contributed by atoms with Crippen LogP contribution in [0.3, 0.4) is 0 Å². The zero-order chi connectivity index (χ0) is 15.2. The lowest BCUT2D eigenvalue weighted by atomic mass is 10.2. The molecule has 0 aliphatic carbocycles. The van der Waals surface area contributed by atoms with Crippen LogP contribution in [0.4, 0.5) is 13.2 Å². The number of alkyl halides is 4. The van der Waals surface area contributed by atoms with Crippen LogP contribution < -0.4 is 9.47 Å². The predicted octanol–water partition coefficient (Wildman–Crippen LogP) is 3.38. The van der Waals surface area contributed by atoms with Crippen LogP contribution in [-0.4, -0.2) is 31.4 Å². The fourth-order valence-electron chi connectivity index (χ4n) is 1.35. The van der Waals surface area contributed by atoms with E-state index in [-0.39, 0.29) is 30.4 Å². The molecule has 0 aliphatic heterocycles. The van der Waals surface area contributed by atoms with Gasteiger partial charge in [-0.2, -0.15) is 0 Å². The lowest BCUT2D eigenvalue weighted by Gasteiger charge is -2.13. The van der Waals surface area contributed by atoms with Gasteiger partial charge in [0.15, 0.2) is 0 Å². The maximum absolute atomic E-state index is 12.1. The highest BCUT2D eigenvalue weighted by Crippen LogP contribution is 2.29. The molecule has 1 aromatic carbocycles. The maximum atomic E-state index is 12.1. The first-order chi connectivity index (χ1) is 9.37. The second kappa shape index (κ2) is 7.23. The minimum absolute atomic E-state index is 0.00601. The second-order valence-electron chi connectivity index (χ2n) is 3.46. The van der Waals surface area contributed by atoms with E-state index < -0.39 is 18.1 Å². The van der Waals surface area contributed by atoms with Crippen LogP contribution in [0.25, 0.3) is 0 Å². The molecule has 0 unspecified atom stereocenters. The van der Waals surface area contributed by atoms with Gasteiger partial charge in [-0.05, 0) is 19.1 Å². The molecule has 0 spiro atoms. The van der Waals surface area contributed by atoms with Crippen molar-refractivity contribution in [2.24, 2.45) is 0 Å². The van der Waals surface area contributed by atoms with Crippen LogP contribution >= 0.6 is 11.6 Å². The summed E-state index contributed by atoms with van der Waals surface area (Å²) >= 11 is 5.44. The molecular weight excluding hydrogens is 301 g/mol. The molecule has 0 fully saturated rings. The van der Waals surface area contributed by atoms with Crippen molar-refractivity contribution in [1.29, 1.82) is 0 Å². The number of halogens is 4. The SMILES string of the molecule is CCOC(=O)c1ccc(OC(F)(F)F)cc1OCCCl.